The van der Waals surface area contributed by atoms with Crippen molar-refractivity contribution in [2.45, 2.75) is 33.2 Å². The molecule has 2 rings (SSSR count). The third-order valence-electron chi connectivity index (χ3n) is 3.85. The van der Waals surface area contributed by atoms with E-state index < -0.39 is 0 Å². The Morgan fingerprint density at radius 2 is 1.88 bits per heavy atom. The number of benzene rings is 2. The fourth-order valence-corrected chi connectivity index (χ4v) is 2.57. The van der Waals surface area contributed by atoms with Crippen molar-refractivity contribution in [1.29, 1.82) is 5.26 Å². The molecule has 0 unspecified atom stereocenters. The van der Waals surface area contributed by atoms with Crippen LogP contribution in [0.3, 0.4) is 0 Å². The van der Waals surface area contributed by atoms with Crippen molar-refractivity contribution in [3.05, 3.63) is 59.2 Å². The molecule has 0 radical (unpaired) electrons. The Morgan fingerprint density at radius 3 is 2.52 bits per heavy atom. The van der Waals surface area contributed by atoms with E-state index in [0.717, 1.165) is 17.0 Å². The van der Waals surface area contributed by atoms with Gasteiger partial charge in [-0.3, -0.25) is 0 Å². The summed E-state index contributed by atoms with van der Waals surface area (Å²) in [5, 5.41) is 15.6. The van der Waals surface area contributed by atoms with E-state index in [0.29, 0.717) is 18.1 Å². The summed E-state index contributed by atoms with van der Waals surface area (Å²) in [7, 11) is 0. The zero-order chi connectivity index (χ0) is 18.2. The first kappa shape index (κ1) is 18.8. The minimum Gasteiger partial charge on any atom is -0.491 e. The van der Waals surface area contributed by atoms with Gasteiger partial charge in [0.2, 0.25) is 0 Å². The number of nitrogens with one attached hydrogen (secondary N) is 2. The van der Waals surface area contributed by atoms with Crippen LogP contribution in [0.15, 0.2) is 42.5 Å². The Bertz CT molecular complexity index is 766. The maximum Gasteiger partial charge on any atom is 0.171 e. The van der Waals surface area contributed by atoms with E-state index in [-0.39, 0.29) is 6.04 Å². The number of aryl methyl sites for hydroxylation is 2. The highest BCUT2D eigenvalue weighted by Gasteiger charge is 2.06. The Balaban J connectivity index is 1.79. The van der Waals surface area contributed by atoms with Crippen molar-refractivity contribution in [2.75, 3.05) is 11.9 Å². The number of anilines is 1. The molecule has 2 N–H and O–H groups in total. The second kappa shape index (κ2) is 9.05. The predicted molar refractivity (Wildman–Crippen MR) is 106 cm³/mol. The van der Waals surface area contributed by atoms with Crippen LogP contribution in [-0.2, 0) is 6.42 Å². The van der Waals surface area contributed by atoms with Gasteiger partial charge in [-0.05, 0) is 73.9 Å². The molecule has 0 amide bonds. The Labute approximate surface area is 154 Å². The summed E-state index contributed by atoms with van der Waals surface area (Å²) >= 11 is 5.33. The average molecular weight is 353 g/mol. The summed E-state index contributed by atoms with van der Waals surface area (Å²) in [5.74, 6) is 0.865. The van der Waals surface area contributed by atoms with E-state index in [4.69, 9.17) is 22.2 Å². The molecule has 2 aromatic carbocycles. The van der Waals surface area contributed by atoms with Gasteiger partial charge in [0.15, 0.2) is 5.11 Å². The van der Waals surface area contributed by atoms with Gasteiger partial charge in [-0.2, -0.15) is 5.26 Å². The number of nitriles is 1. The minimum atomic E-state index is 0.0690. The third-order valence-corrected chi connectivity index (χ3v) is 4.07. The zero-order valence-corrected chi connectivity index (χ0v) is 15.6. The van der Waals surface area contributed by atoms with E-state index >= 15 is 0 Å². The second-order valence-corrected chi connectivity index (χ2v) is 6.50. The molecule has 25 heavy (non-hydrogen) atoms. The Morgan fingerprint density at radius 1 is 1.16 bits per heavy atom. The lowest BCUT2D eigenvalue weighted by molar-refractivity contribution is 0.287. The molecule has 5 heteroatoms. The van der Waals surface area contributed by atoms with Crippen LogP contribution in [-0.4, -0.2) is 17.8 Å². The Kier molecular flexibility index (Phi) is 6.79. The molecule has 0 aromatic heterocycles. The van der Waals surface area contributed by atoms with Gasteiger partial charge < -0.3 is 15.4 Å². The molecular formula is C20H23N3OS. The molecule has 4 nitrogen and oxygen atoms in total. The molecule has 0 aliphatic heterocycles. The molecular weight excluding hydrogens is 330 g/mol. The lowest BCUT2D eigenvalue weighted by atomic mass is 10.1. The predicted octanol–water partition coefficient (Wildman–Crippen LogP) is 4.12. The van der Waals surface area contributed by atoms with Gasteiger partial charge in [-0.15, -0.1) is 0 Å². The summed E-state index contributed by atoms with van der Waals surface area (Å²) in [4.78, 5) is 0. The molecule has 2 aromatic rings. The average Bonchev–Trinajstić information content (AvgIpc) is 2.58. The van der Waals surface area contributed by atoms with Gasteiger partial charge in [0, 0.05) is 5.69 Å². The molecule has 0 aliphatic rings. The quantitative estimate of drug-likeness (QED) is 0.765. The normalized spacial score (nSPS) is 11.3. The van der Waals surface area contributed by atoms with Crippen LogP contribution < -0.4 is 15.4 Å². The lowest BCUT2D eigenvalue weighted by Gasteiger charge is -2.18. The maximum absolute atomic E-state index is 8.69. The molecule has 1 atom stereocenters. The van der Waals surface area contributed by atoms with Gasteiger partial charge in [0.05, 0.1) is 18.5 Å². The second-order valence-electron chi connectivity index (χ2n) is 6.09. The number of thiocarbonyl (C=S) groups is 1. The number of hydrogen-bond acceptors (Lipinski definition) is 3. The standard InChI is InChI=1S/C20H23N3OS/c1-14-4-9-19(12-15(14)2)24-13-16(3)22-20(25)23-18-7-5-17(6-8-18)10-11-21/h4-9,12,16H,10,13H2,1-3H3,(H2,22,23,25)/t16-/m0/s1. The molecule has 0 fully saturated rings. The molecule has 0 bridgehead atoms. The fourth-order valence-electron chi connectivity index (χ4n) is 2.25. The monoisotopic (exact) mass is 353 g/mol. The van der Waals surface area contributed by atoms with E-state index in [1.54, 1.807) is 0 Å². The largest absolute Gasteiger partial charge is 0.491 e. The topological polar surface area (TPSA) is 57.1 Å². The van der Waals surface area contributed by atoms with Crippen LogP contribution >= 0.6 is 12.2 Å². The first-order valence-corrected chi connectivity index (χ1v) is 8.62. The van der Waals surface area contributed by atoms with Gasteiger partial charge in [0.1, 0.15) is 12.4 Å². The van der Waals surface area contributed by atoms with E-state index in [2.05, 4.69) is 36.6 Å². The highest BCUT2D eigenvalue weighted by atomic mass is 32.1. The van der Waals surface area contributed by atoms with E-state index in [1.165, 1.54) is 11.1 Å². The van der Waals surface area contributed by atoms with Crippen molar-refractivity contribution in [1.82, 2.24) is 5.32 Å². The lowest BCUT2D eigenvalue weighted by Crippen LogP contribution is -2.39. The molecule has 0 saturated heterocycles. The SMILES string of the molecule is Cc1ccc(OC[C@H](C)NC(=S)Nc2ccc(CC#N)cc2)cc1C. The van der Waals surface area contributed by atoms with E-state index in [1.807, 2.05) is 43.3 Å². The van der Waals surface area contributed by atoms with Crippen molar-refractivity contribution in [3.63, 3.8) is 0 Å². The number of ether oxygens (including phenoxy) is 1. The molecule has 0 spiro atoms. The third kappa shape index (κ3) is 6.09. The minimum absolute atomic E-state index is 0.0690. The van der Waals surface area contributed by atoms with Gasteiger partial charge in [0.25, 0.3) is 0 Å². The van der Waals surface area contributed by atoms with Crippen molar-refractivity contribution in [2.24, 2.45) is 0 Å². The first-order chi connectivity index (χ1) is 12.0. The summed E-state index contributed by atoms with van der Waals surface area (Å²) in [6.45, 7) is 6.70. The van der Waals surface area contributed by atoms with Gasteiger partial charge in [-0.1, -0.05) is 18.2 Å². The summed E-state index contributed by atoms with van der Waals surface area (Å²) in [5.41, 5.74) is 4.35. The molecule has 130 valence electrons. The van der Waals surface area contributed by atoms with Crippen molar-refractivity contribution in [3.8, 4) is 11.8 Å². The highest BCUT2D eigenvalue weighted by Crippen LogP contribution is 2.16. The van der Waals surface area contributed by atoms with Crippen LogP contribution in [0.4, 0.5) is 5.69 Å². The van der Waals surface area contributed by atoms with Crippen molar-refractivity contribution < 1.29 is 4.74 Å². The van der Waals surface area contributed by atoms with Crippen LogP contribution in [0.2, 0.25) is 0 Å². The maximum atomic E-state index is 8.69. The fraction of sp³-hybridized carbons (Fsp3) is 0.300. The van der Waals surface area contributed by atoms with E-state index in [9.17, 15) is 0 Å². The van der Waals surface area contributed by atoms with Gasteiger partial charge >= 0.3 is 0 Å². The molecule has 0 heterocycles. The first-order valence-electron chi connectivity index (χ1n) is 8.21. The number of rotatable bonds is 6. The van der Waals surface area contributed by atoms with Crippen molar-refractivity contribution >= 4 is 23.0 Å². The smallest absolute Gasteiger partial charge is 0.171 e. The van der Waals surface area contributed by atoms with Crippen LogP contribution in [0, 0.1) is 25.2 Å². The Hall–Kier alpha value is -2.58. The summed E-state index contributed by atoms with van der Waals surface area (Å²) in [6, 6.07) is 15.9. The number of nitrogens with zero attached hydrogens (tertiary/aromatic N) is 1. The summed E-state index contributed by atoms with van der Waals surface area (Å²) < 4.78 is 5.82. The molecule has 0 aliphatic carbocycles. The summed E-state index contributed by atoms with van der Waals surface area (Å²) in [6.07, 6.45) is 0.413. The molecule has 0 saturated carbocycles. The van der Waals surface area contributed by atoms with Gasteiger partial charge in [-0.25, -0.2) is 0 Å². The van der Waals surface area contributed by atoms with Crippen LogP contribution in [0.25, 0.3) is 0 Å². The number of hydrogen-bond donors (Lipinski definition) is 2. The highest BCUT2D eigenvalue weighted by molar-refractivity contribution is 7.80. The zero-order valence-electron chi connectivity index (χ0n) is 14.8. The van der Waals surface area contributed by atoms with Crippen LogP contribution in [0.1, 0.15) is 23.6 Å². The van der Waals surface area contributed by atoms with Crippen LogP contribution in [0.5, 0.6) is 5.75 Å².